The minimum atomic E-state index is -3.83. The summed E-state index contributed by atoms with van der Waals surface area (Å²) in [4.78, 5) is 0.167. The second-order valence-electron chi connectivity index (χ2n) is 6.18. The second-order valence-corrected chi connectivity index (χ2v) is 10.3. The van der Waals surface area contributed by atoms with Crippen molar-refractivity contribution in [2.45, 2.75) is 37.2 Å². The van der Waals surface area contributed by atoms with Crippen LogP contribution in [0, 0.1) is 0 Å². The fourth-order valence-electron chi connectivity index (χ4n) is 3.00. The Bertz CT molecular complexity index is 916. The van der Waals surface area contributed by atoms with Crippen LogP contribution in [-0.4, -0.2) is 38.7 Å². The average molecular weight is 383 g/mol. The Balaban J connectivity index is 1.96. The van der Waals surface area contributed by atoms with Crippen LogP contribution in [0.4, 0.5) is 0 Å². The van der Waals surface area contributed by atoms with E-state index in [0.29, 0.717) is 12.2 Å². The van der Waals surface area contributed by atoms with Gasteiger partial charge < -0.3 is 4.42 Å². The van der Waals surface area contributed by atoms with E-state index in [0.717, 1.165) is 12.0 Å². The normalized spacial score (nSPS) is 20.2. The first kappa shape index (κ1) is 18.2. The Morgan fingerprint density at radius 1 is 1.20 bits per heavy atom. The van der Waals surface area contributed by atoms with Crippen LogP contribution >= 0.6 is 0 Å². The molecule has 2 aromatic rings. The van der Waals surface area contributed by atoms with Crippen LogP contribution in [0.2, 0.25) is 0 Å². The number of benzene rings is 1. The zero-order chi connectivity index (χ0) is 18.1. The van der Waals surface area contributed by atoms with E-state index in [1.54, 1.807) is 36.4 Å². The number of sulfonamides is 1. The summed E-state index contributed by atoms with van der Waals surface area (Å²) < 4.78 is 56.5. The van der Waals surface area contributed by atoms with Crippen molar-refractivity contribution in [2.75, 3.05) is 11.5 Å². The first-order chi connectivity index (χ1) is 11.8. The van der Waals surface area contributed by atoms with E-state index < -0.39 is 25.9 Å². The predicted octanol–water partition coefficient (Wildman–Crippen LogP) is 2.22. The first-order valence-corrected chi connectivity index (χ1v) is 11.4. The van der Waals surface area contributed by atoms with Gasteiger partial charge in [0.1, 0.15) is 5.76 Å². The molecule has 25 heavy (non-hydrogen) atoms. The number of hydrogen-bond acceptors (Lipinski definition) is 5. The molecule has 136 valence electrons. The van der Waals surface area contributed by atoms with Crippen molar-refractivity contribution in [3.8, 4) is 0 Å². The van der Waals surface area contributed by atoms with Gasteiger partial charge in [-0.3, -0.25) is 0 Å². The third-order valence-electron chi connectivity index (χ3n) is 4.45. The molecular weight excluding hydrogens is 362 g/mol. The Morgan fingerprint density at radius 2 is 1.92 bits per heavy atom. The highest BCUT2D eigenvalue weighted by Gasteiger charge is 2.39. The van der Waals surface area contributed by atoms with Crippen molar-refractivity contribution in [1.29, 1.82) is 0 Å². The Kier molecular flexibility index (Phi) is 5.04. The number of hydrogen-bond donors (Lipinski definition) is 0. The number of aryl methyl sites for hydroxylation is 1. The SMILES string of the molecule is CCc1ccc(S(=O)(=O)N(Cc2ccco2)[C@@H]2CCS(=O)(=O)C2)cc1. The van der Waals surface area contributed by atoms with Gasteiger partial charge in [0.15, 0.2) is 9.84 Å². The summed E-state index contributed by atoms with van der Waals surface area (Å²) in [7, 11) is -7.04. The molecule has 0 saturated carbocycles. The minimum absolute atomic E-state index is 0.0105. The maximum Gasteiger partial charge on any atom is 0.243 e. The van der Waals surface area contributed by atoms with Crippen molar-refractivity contribution in [3.05, 3.63) is 54.0 Å². The summed E-state index contributed by atoms with van der Waals surface area (Å²) in [5.74, 6) is 0.342. The van der Waals surface area contributed by atoms with Crippen molar-refractivity contribution >= 4 is 19.9 Å². The molecule has 1 aromatic carbocycles. The molecule has 1 aliphatic rings. The summed E-state index contributed by atoms with van der Waals surface area (Å²) in [6, 6.07) is 9.51. The fraction of sp³-hybridized carbons (Fsp3) is 0.412. The minimum Gasteiger partial charge on any atom is -0.468 e. The number of nitrogens with zero attached hydrogens (tertiary/aromatic N) is 1. The van der Waals surface area contributed by atoms with Gasteiger partial charge in [0.05, 0.1) is 29.2 Å². The standard InChI is InChI=1S/C17H21NO5S2/c1-2-14-5-7-17(8-6-14)25(21,22)18(12-16-4-3-10-23-16)15-9-11-24(19,20)13-15/h3-8,10,15H,2,9,11-13H2,1H3/t15-/m1/s1. The molecule has 0 N–H and O–H groups in total. The number of rotatable bonds is 6. The van der Waals surface area contributed by atoms with Gasteiger partial charge in [-0.1, -0.05) is 19.1 Å². The highest BCUT2D eigenvalue weighted by atomic mass is 32.2. The highest BCUT2D eigenvalue weighted by Crippen LogP contribution is 2.27. The lowest BCUT2D eigenvalue weighted by molar-refractivity contribution is 0.307. The van der Waals surface area contributed by atoms with Crippen LogP contribution in [0.3, 0.4) is 0 Å². The van der Waals surface area contributed by atoms with Gasteiger partial charge >= 0.3 is 0 Å². The summed E-state index contributed by atoms with van der Waals surface area (Å²) in [5, 5.41) is 0. The summed E-state index contributed by atoms with van der Waals surface area (Å²) in [6.07, 6.45) is 2.59. The van der Waals surface area contributed by atoms with E-state index >= 15 is 0 Å². The van der Waals surface area contributed by atoms with Crippen molar-refractivity contribution in [1.82, 2.24) is 4.31 Å². The van der Waals surface area contributed by atoms with Crippen LogP contribution in [0.15, 0.2) is 52.0 Å². The largest absolute Gasteiger partial charge is 0.468 e. The third-order valence-corrected chi connectivity index (χ3v) is 8.11. The van der Waals surface area contributed by atoms with Crippen molar-refractivity contribution in [3.63, 3.8) is 0 Å². The lowest BCUT2D eigenvalue weighted by Crippen LogP contribution is -2.40. The Morgan fingerprint density at radius 3 is 2.44 bits per heavy atom. The topological polar surface area (TPSA) is 84.7 Å². The lowest BCUT2D eigenvalue weighted by Gasteiger charge is -2.26. The molecule has 1 aliphatic heterocycles. The summed E-state index contributed by atoms with van der Waals surface area (Å²) in [6.45, 7) is 2.02. The molecule has 1 fully saturated rings. The van der Waals surface area contributed by atoms with Gasteiger partial charge in [0.2, 0.25) is 10.0 Å². The first-order valence-electron chi connectivity index (χ1n) is 8.15. The van der Waals surface area contributed by atoms with E-state index in [4.69, 9.17) is 4.42 Å². The fourth-order valence-corrected chi connectivity index (χ4v) is 6.45. The monoisotopic (exact) mass is 383 g/mol. The molecule has 8 heteroatoms. The molecule has 0 spiro atoms. The smallest absolute Gasteiger partial charge is 0.243 e. The zero-order valence-electron chi connectivity index (χ0n) is 14.0. The Hall–Kier alpha value is -1.64. The van der Waals surface area contributed by atoms with Crippen molar-refractivity contribution < 1.29 is 21.3 Å². The molecule has 1 atom stereocenters. The molecule has 0 aliphatic carbocycles. The van der Waals surface area contributed by atoms with Crippen LogP contribution in [0.1, 0.15) is 24.7 Å². The molecule has 0 bridgehead atoms. The van der Waals surface area contributed by atoms with Gasteiger partial charge in [-0.05, 0) is 42.7 Å². The molecule has 1 saturated heterocycles. The molecule has 0 radical (unpaired) electrons. The van der Waals surface area contributed by atoms with Crippen molar-refractivity contribution in [2.24, 2.45) is 0 Å². The predicted molar refractivity (Wildman–Crippen MR) is 94.3 cm³/mol. The molecule has 3 rings (SSSR count). The van der Waals surface area contributed by atoms with Crippen LogP contribution < -0.4 is 0 Å². The third kappa shape index (κ3) is 3.96. The van der Waals surface area contributed by atoms with E-state index in [2.05, 4.69) is 0 Å². The van der Waals surface area contributed by atoms with E-state index in [-0.39, 0.29) is 22.9 Å². The summed E-state index contributed by atoms with van der Waals surface area (Å²) >= 11 is 0. The van der Waals surface area contributed by atoms with E-state index in [9.17, 15) is 16.8 Å². The molecular formula is C17H21NO5S2. The van der Waals surface area contributed by atoms with E-state index in [1.807, 2.05) is 6.92 Å². The average Bonchev–Trinajstić information content (AvgIpc) is 3.21. The quantitative estimate of drug-likeness (QED) is 0.764. The highest BCUT2D eigenvalue weighted by molar-refractivity contribution is 7.92. The van der Waals surface area contributed by atoms with Gasteiger partial charge in [-0.2, -0.15) is 4.31 Å². The molecule has 6 nitrogen and oxygen atoms in total. The number of sulfone groups is 1. The second kappa shape index (κ2) is 6.93. The van der Waals surface area contributed by atoms with Gasteiger partial charge in [-0.25, -0.2) is 16.8 Å². The van der Waals surface area contributed by atoms with Gasteiger partial charge in [-0.15, -0.1) is 0 Å². The number of furan rings is 1. The molecule has 0 unspecified atom stereocenters. The maximum atomic E-state index is 13.1. The zero-order valence-corrected chi connectivity index (χ0v) is 15.6. The molecule has 2 heterocycles. The Labute approximate surface area is 148 Å². The van der Waals surface area contributed by atoms with Crippen LogP contribution in [-0.2, 0) is 32.8 Å². The molecule has 1 aromatic heterocycles. The van der Waals surface area contributed by atoms with Crippen LogP contribution in [0.5, 0.6) is 0 Å². The molecule has 0 amide bonds. The van der Waals surface area contributed by atoms with E-state index in [1.165, 1.54) is 10.6 Å². The van der Waals surface area contributed by atoms with Gasteiger partial charge in [0.25, 0.3) is 0 Å². The lowest BCUT2D eigenvalue weighted by atomic mass is 10.2. The van der Waals surface area contributed by atoms with Gasteiger partial charge in [0, 0.05) is 6.04 Å². The summed E-state index contributed by atoms with van der Waals surface area (Å²) in [5.41, 5.74) is 1.04. The van der Waals surface area contributed by atoms with Crippen LogP contribution in [0.25, 0.3) is 0 Å². The maximum absolute atomic E-state index is 13.1.